The molecular formula is C43H49N3. The van der Waals surface area contributed by atoms with Gasteiger partial charge < -0.3 is 15.6 Å². The summed E-state index contributed by atoms with van der Waals surface area (Å²) in [6.45, 7) is 18.9. The van der Waals surface area contributed by atoms with E-state index in [1.807, 2.05) is 52.0 Å². The van der Waals surface area contributed by atoms with Crippen molar-refractivity contribution in [3.8, 4) is 5.69 Å². The fourth-order valence-electron chi connectivity index (χ4n) is 6.24. The Hall–Kier alpha value is -4.86. The number of nitrogens with two attached hydrogens (primary N) is 1. The quantitative estimate of drug-likeness (QED) is 0.169. The van der Waals surface area contributed by atoms with Crippen LogP contribution in [0.5, 0.6) is 0 Å². The van der Waals surface area contributed by atoms with Gasteiger partial charge in [0.15, 0.2) is 0 Å². The van der Waals surface area contributed by atoms with Gasteiger partial charge in [-0.05, 0) is 107 Å². The van der Waals surface area contributed by atoms with Crippen molar-refractivity contribution in [3.63, 3.8) is 0 Å². The zero-order chi connectivity index (χ0) is 33.2. The first-order valence-electron chi connectivity index (χ1n) is 16.7. The predicted molar refractivity (Wildman–Crippen MR) is 207 cm³/mol. The number of hydrogen-bond acceptors (Lipinski definition) is 2. The van der Waals surface area contributed by atoms with E-state index < -0.39 is 0 Å². The minimum absolute atomic E-state index is 0.417. The molecule has 0 saturated heterocycles. The second-order valence-corrected chi connectivity index (χ2v) is 10.6. The van der Waals surface area contributed by atoms with Gasteiger partial charge in [-0.25, -0.2) is 0 Å². The molecule has 0 amide bonds. The van der Waals surface area contributed by atoms with Gasteiger partial charge >= 0.3 is 0 Å². The third kappa shape index (κ3) is 6.42. The monoisotopic (exact) mass is 607 g/mol. The van der Waals surface area contributed by atoms with Crippen LogP contribution in [0.1, 0.15) is 70.7 Å². The van der Waals surface area contributed by atoms with Crippen molar-refractivity contribution in [3.05, 3.63) is 138 Å². The van der Waals surface area contributed by atoms with Gasteiger partial charge in [0.25, 0.3) is 0 Å². The molecule has 0 spiro atoms. The van der Waals surface area contributed by atoms with Crippen molar-refractivity contribution >= 4 is 55.6 Å². The number of benzene rings is 5. The van der Waals surface area contributed by atoms with E-state index in [9.17, 15) is 0 Å². The van der Waals surface area contributed by atoms with Crippen molar-refractivity contribution in [2.75, 3.05) is 5.32 Å². The summed E-state index contributed by atoms with van der Waals surface area (Å²) >= 11 is 0. The fraction of sp³-hybridized carbons (Fsp3) is 0.209. The summed E-state index contributed by atoms with van der Waals surface area (Å²) in [4.78, 5) is 0. The smallest absolute Gasteiger partial charge is 0.0547 e. The highest BCUT2D eigenvalue weighted by atomic mass is 15.0. The molecular weight excluding hydrogens is 558 g/mol. The van der Waals surface area contributed by atoms with E-state index in [1.54, 1.807) is 0 Å². The second kappa shape index (κ2) is 15.9. The van der Waals surface area contributed by atoms with Gasteiger partial charge in [0.05, 0.1) is 11.0 Å². The molecule has 1 aromatic heterocycles. The fourth-order valence-corrected chi connectivity index (χ4v) is 6.24. The Morgan fingerprint density at radius 2 is 1.54 bits per heavy atom. The molecule has 0 radical (unpaired) electrons. The highest BCUT2D eigenvalue weighted by Gasteiger charge is 2.19. The van der Waals surface area contributed by atoms with Crippen LogP contribution < -0.4 is 11.1 Å². The van der Waals surface area contributed by atoms with Crippen LogP contribution in [0.4, 0.5) is 11.4 Å². The highest BCUT2D eigenvalue weighted by Crippen LogP contribution is 2.41. The van der Waals surface area contributed by atoms with Gasteiger partial charge in [-0.15, -0.1) is 0 Å². The second-order valence-electron chi connectivity index (χ2n) is 10.6. The first-order valence-corrected chi connectivity index (χ1v) is 16.7. The number of allylic oxidation sites excluding steroid dienone is 4. The molecule has 0 atom stereocenters. The molecule has 0 bridgehead atoms. The lowest BCUT2D eigenvalue weighted by molar-refractivity contribution is 1.09. The maximum absolute atomic E-state index is 6.54. The van der Waals surface area contributed by atoms with Gasteiger partial charge in [-0.1, -0.05) is 108 Å². The first-order chi connectivity index (χ1) is 22.6. The standard InChI is InChI=1S/C39H37N3.2C2H6/c1-5-12-26(6-2)28-17-19-31(20-18-28)42-37-22-21-36(41-30-13-10-9-11-14-30)35(25-40)39(37)34-24-33-29(23-38(34)42)16-15-27(7-3)32(33)8-4;2*1-2/h5-6,8-24,41H,4,7,25,40H2,1-3H3;2*1-2H3/b12-5-,26-6+;;. The molecule has 3 N–H and O–H groups in total. The van der Waals surface area contributed by atoms with E-state index in [0.717, 1.165) is 40.1 Å². The molecule has 0 fully saturated rings. The molecule has 46 heavy (non-hydrogen) atoms. The summed E-state index contributed by atoms with van der Waals surface area (Å²) in [5.41, 5.74) is 18.1. The van der Waals surface area contributed by atoms with E-state index in [1.165, 1.54) is 43.8 Å². The Bertz CT molecular complexity index is 1990. The summed E-state index contributed by atoms with van der Waals surface area (Å²) in [7, 11) is 0. The zero-order valence-corrected chi connectivity index (χ0v) is 28.6. The van der Waals surface area contributed by atoms with Gasteiger partial charge in [-0.2, -0.15) is 0 Å². The predicted octanol–water partition coefficient (Wildman–Crippen LogP) is 12.4. The number of aromatic nitrogens is 1. The normalized spacial score (nSPS) is 11.3. The average Bonchev–Trinajstić information content (AvgIpc) is 3.44. The molecule has 3 nitrogen and oxygen atoms in total. The number of hydrogen-bond donors (Lipinski definition) is 2. The lowest BCUT2D eigenvalue weighted by atomic mass is 9.95. The number of rotatable bonds is 8. The third-order valence-corrected chi connectivity index (χ3v) is 8.27. The zero-order valence-electron chi connectivity index (χ0n) is 28.6. The molecule has 236 valence electrons. The molecule has 3 heteroatoms. The number of fused-ring (bicyclic) bond motifs is 4. The molecule has 0 saturated carbocycles. The summed E-state index contributed by atoms with van der Waals surface area (Å²) in [6.07, 6.45) is 9.35. The van der Waals surface area contributed by atoms with Crippen molar-refractivity contribution in [2.24, 2.45) is 5.73 Å². The van der Waals surface area contributed by atoms with Crippen LogP contribution in [0.15, 0.2) is 116 Å². The molecule has 0 aliphatic carbocycles. The number of nitrogens with one attached hydrogen (secondary N) is 1. The molecule has 6 aromatic rings. The van der Waals surface area contributed by atoms with Crippen LogP contribution in [0.25, 0.3) is 49.9 Å². The summed E-state index contributed by atoms with van der Waals surface area (Å²) in [5.74, 6) is 0. The van der Waals surface area contributed by atoms with Crippen LogP contribution in [0, 0.1) is 0 Å². The number of para-hydroxylation sites is 1. The van der Waals surface area contributed by atoms with Crippen LogP contribution in [-0.2, 0) is 13.0 Å². The van der Waals surface area contributed by atoms with Gasteiger partial charge in [0, 0.05) is 34.4 Å². The third-order valence-electron chi connectivity index (χ3n) is 8.27. The molecule has 0 aliphatic rings. The van der Waals surface area contributed by atoms with E-state index in [-0.39, 0.29) is 0 Å². The molecule has 0 aliphatic heterocycles. The maximum atomic E-state index is 6.54. The Labute approximate surface area is 275 Å². The van der Waals surface area contributed by atoms with Crippen molar-refractivity contribution in [1.29, 1.82) is 0 Å². The Kier molecular flexibility index (Phi) is 11.8. The lowest BCUT2D eigenvalue weighted by Gasteiger charge is -2.14. The Balaban J connectivity index is 0.00000116. The van der Waals surface area contributed by atoms with Gasteiger partial charge in [0.1, 0.15) is 0 Å². The van der Waals surface area contributed by atoms with Crippen molar-refractivity contribution in [2.45, 2.75) is 61.4 Å². The van der Waals surface area contributed by atoms with E-state index >= 15 is 0 Å². The average molecular weight is 608 g/mol. The van der Waals surface area contributed by atoms with Crippen LogP contribution in [0.3, 0.4) is 0 Å². The van der Waals surface area contributed by atoms with Gasteiger partial charge in [-0.3, -0.25) is 0 Å². The minimum atomic E-state index is 0.417. The highest BCUT2D eigenvalue weighted by molar-refractivity contribution is 6.17. The Morgan fingerprint density at radius 3 is 2.15 bits per heavy atom. The Morgan fingerprint density at radius 1 is 0.826 bits per heavy atom. The maximum Gasteiger partial charge on any atom is 0.0547 e. The lowest BCUT2D eigenvalue weighted by Crippen LogP contribution is -2.03. The summed E-state index contributed by atoms with van der Waals surface area (Å²) in [6, 6.07) is 32.7. The molecule has 5 aromatic carbocycles. The minimum Gasteiger partial charge on any atom is -0.355 e. The van der Waals surface area contributed by atoms with Crippen LogP contribution in [0.2, 0.25) is 0 Å². The molecule has 0 unspecified atom stereocenters. The SMILES string of the molecule is C=Cc1c(CC)ccc2cc3c(cc12)c1c(CN)c(Nc2ccccc2)ccc1n3-c1ccc(C(/C=C\C)=C/C)cc1.CC.CC. The van der Waals surface area contributed by atoms with E-state index in [4.69, 9.17) is 5.73 Å². The summed E-state index contributed by atoms with van der Waals surface area (Å²) in [5, 5.41) is 8.43. The number of nitrogens with zero attached hydrogens (tertiary/aromatic N) is 1. The number of anilines is 2. The van der Waals surface area contributed by atoms with Gasteiger partial charge in [0.2, 0.25) is 0 Å². The van der Waals surface area contributed by atoms with Crippen LogP contribution >= 0.6 is 0 Å². The number of aryl methyl sites for hydroxylation is 1. The van der Waals surface area contributed by atoms with Crippen molar-refractivity contribution < 1.29 is 0 Å². The van der Waals surface area contributed by atoms with E-state index in [0.29, 0.717) is 6.54 Å². The first kappa shape index (κ1) is 34.0. The molecule has 1 heterocycles. The van der Waals surface area contributed by atoms with E-state index in [2.05, 4.69) is 128 Å². The van der Waals surface area contributed by atoms with Crippen LogP contribution in [-0.4, -0.2) is 4.57 Å². The molecule has 6 rings (SSSR count). The topological polar surface area (TPSA) is 43.0 Å². The van der Waals surface area contributed by atoms with Crippen molar-refractivity contribution in [1.82, 2.24) is 4.57 Å². The summed E-state index contributed by atoms with van der Waals surface area (Å²) < 4.78 is 2.38. The largest absolute Gasteiger partial charge is 0.355 e.